The molecule has 22 heavy (non-hydrogen) atoms. The fourth-order valence-electron chi connectivity index (χ4n) is 2.46. The fraction of sp³-hybridized carbons (Fsp3) is 0.333. The number of allylic oxidation sites excluding steroid dienone is 5. The van der Waals surface area contributed by atoms with Crippen molar-refractivity contribution in [2.24, 2.45) is 11.1 Å². The molecule has 1 aliphatic carbocycles. The number of sulfone groups is 1. The highest BCUT2D eigenvalue weighted by Crippen LogP contribution is 2.31. The highest BCUT2D eigenvalue weighted by atomic mass is 32.2. The molecular weight excluding hydrogens is 294 g/mol. The average molecular weight is 317 g/mol. The Bertz CT molecular complexity index is 740. The van der Waals surface area contributed by atoms with Crippen LogP contribution in [0.15, 0.2) is 64.7 Å². The summed E-state index contributed by atoms with van der Waals surface area (Å²) in [5.41, 5.74) is 8.43. The normalized spacial score (nSPS) is 22.5. The lowest BCUT2D eigenvalue weighted by atomic mass is 9.81. The van der Waals surface area contributed by atoms with Crippen molar-refractivity contribution < 1.29 is 8.42 Å². The molecule has 0 aliphatic heterocycles. The third kappa shape index (κ3) is 4.10. The summed E-state index contributed by atoms with van der Waals surface area (Å²) in [7, 11) is -3.40. The molecule has 1 unspecified atom stereocenters. The predicted molar refractivity (Wildman–Crippen MR) is 91.1 cm³/mol. The molecule has 1 atom stereocenters. The van der Waals surface area contributed by atoms with Crippen molar-refractivity contribution in [2.45, 2.75) is 32.1 Å². The van der Waals surface area contributed by atoms with Crippen molar-refractivity contribution in [1.29, 1.82) is 0 Å². The maximum absolute atomic E-state index is 12.4. The molecule has 0 aromatic heterocycles. The van der Waals surface area contributed by atoms with Crippen molar-refractivity contribution in [2.75, 3.05) is 5.75 Å². The maximum atomic E-state index is 12.4. The van der Waals surface area contributed by atoms with Gasteiger partial charge in [-0.3, -0.25) is 0 Å². The summed E-state index contributed by atoms with van der Waals surface area (Å²) in [6.45, 7) is 6.03. The summed E-state index contributed by atoms with van der Waals surface area (Å²) in [6, 6.07) is 6.86. The number of aryl methyl sites for hydroxylation is 1. The van der Waals surface area contributed by atoms with Crippen LogP contribution in [0.1, 0.15) is 25.8 Å². The quantitative estimate of drug-likeness (QED) is 0.924. The van der Waals surface area contributed by atoms with Gasteiger partial charge in [0.1, 0.15) is 0 Å². The Hall–Kier alpha value is -1.81. The molecule has 118 valence electrons. The molecule has 3 nitrogen and oxygen atoms in total. The van der Waals surface area contributed by atoms with Gasteiger partial charge >= 0.3 is 0 Å². The van der Waals surface area contributed by atoms with Crippen molar-refractivity contribution in [3.63, 3.8) is 0 Å². The van der Waals surface area contributed by atoms with Crippen LogP contribution in [0.4, 0.5) is 0 Å². The van der Waals surface area contributed by atoms with Crippen molar-refractivity contribution in [1.82, 2.24) is 0 Å². The summed E-state index contributed by atoms with van der Waals surface area (Å²) < 4.78 is 24.8. The van der Waals surface area contributed by atoms with Gasteiger partial charge < -0.3 is 5.73 Å². The van der Waals surface area contributed by atoms with Crippen LogP contribution in [-0.4, -0.2) is 14.2 Å². The summed E-state index contributed by atoms with van der Waals surface area (Å²) in [6.07, 6.45) is 8.95. The topological polar surface area (TPSA) is 60.2 Å². The number of nitrogens with two attached hydrogens (primary N) is 1. The molecule has 1 aromatic carbocycles. The van der Waals surface area contributed by atoms with Gasteiger partial charge in [0, 0.05) is 11.1 Å². The van der Waals surface area contributed by atoms with Gasteiger partial charge in [-0.15, -0.1) is 0 Å². The van der Waals surface area contributed by atoms with E-state index in [1.165, 1.54) is 5.57 Å². The minimum Gasteiger partial charge on any atom is -0.401 e. The van der Waals surface area contributed by atoms with Gasteiger partial charge in [0.25, 0.3) is 0 Å². The zero-order valence-corrected chi connectivity index (χ0v) is 14.2. The van der Waals surface area contributed by atoms with E-state index in [1.807, 2.05) is 26.0 Å². The minimum absolute atomic E-state index is 0.151. The lowest BCUT2D eigenvalue weighted by Gasteiger charge is -2.24. The largest absolute Gasteiger partial charge is 0.401 e. The predicted octanol–water partition coefficient (Wildman–Crippen LogP) is 3.52. The molecule has 0 spiro atoms. The fourth-order valence-corrected chi connectivity index (χ4v) is 3.70. The molecule has 0 saturated heterocycles. The Kier molecular flexibility index (Phi) is 4.61. The van der Waals surface area contributed by atoms with E-state index in [2.05, 4.69) is 19.1 Å². The Labute approximate surface area is 133 Å². The molecular formula is C18H23NO2S. The van der Waals surface area contributed by atoms with E-state index in [9.17, 15) is 8.42 Å². The molecule has 2 rings (SSSR count). The molecule has 1 aliphatic rings. The Morgan fingerprint density at radius 1 is 1.27 bits per heavy atom. The van der Waals surface area contributed by atoms with E-state index in [1.54, 1.807) is 24.3 Å². The first-order chi connectivity index (χ1) is 10.2. The summed E-state index contributed by atoms with van der Waals surface area (Å²) in [5, 5.41) is 0. The second kappa shape index (κ2) is 6.13. The Balaban J connectivity index is 2.17. The third-order valence-electron chi connectivity index (χ3n) is 3.84. The van der Waals surface area contributed by atoms with Gasteiger partial charge in [0.2, 0.25) is 0 Å². The number of hydrogen-bond acceptors (Lipinski definition) is 3. The molecule has 1 aromatic rings. The van der Waals surface area contributed by atoms with Crippen molar-refractivity contribution in [3.8, 4) is 0 Å². The van der Waals surface area contributed by atoms with Gasteiger partial charge in [-0.05, 0) is 32.4 Å². The van der Waals surface area contributed by atoms with E-state index in [0.717, 1.165) is 12.0 Å². The lowest BCUT2D eigenvalue weighted by molar-refractivity contribution is 0.548. The molecule has 2 N–H and O–H groups in total. The van der Waals surface area contributed by atoms with E-state index >= 15 is 0 Å². The van der Waals surface area contributed by atoms with Crippen molar-refractivity contribution in [3.05, 3.63) is 65.4 Å². The maximum Gasteiger partial charge on any atom is 0.183 e. The lowest BCUT2D eigenvalue weighted by Crippen LogP contribution is -2.19. The van der Waals surface area contributed by atoms with E-state index in [-0.39, 0.29) is 11.2 Å². The molecule has 4 heteroatoms. The van der Waals surface area contributed by atoms with Crippen LogP contribution < -0.4 is 5.73 Å². The van der Waals surface area contributed by atoms with Gasteiger partial charge in [-0.2, -0.15) is 0 Å². The second-order valence-electron chi connectivity index (χ2n) is 6.28. The van der Waals surface area contributed by atoms with Crippen LogP contribution in [0.25, 0.3) is 0 Å². The van der Waals surface area contributed by atoms with E-state index in [4.69, 9.17) is 5.73 Å². The minimum atomic E-state index is -3.40. The summed E-state index contributed by atoms with van der Waals surface area (Å²) >= 11 is 0. The van der Waals surface area contributed by atoms with E-state index < -0.39 is 9.84 Å². The molecule has 0 fully saturated rings. The summed E-state index contributed by atoms with van der Waals surface area (Å²) in [5.74, 6) is -0.151. The standard InChI is InChI=1S/C18H23NO2S/c1-14-4-6-17(7-5-14)22(20,21)13-16(19)12-18(3)10-8-15(2)9-11-18/h4-10,12H,11,13,19H2,1-3H3. The molecule has 0 saturated carbocycles. The molecule has 0 radical (unpaired) electrons. The Morgan fingerprint density at radius 3 is 2.45 bits per heavy atom. The van der Waals surface area contributed by atoms with Crippen LogP contribution in [0.5, 0.6) is 0 Å². The number of hydrogen-bond donors (Lipinski definition) is 1. The highest BCUT2D eigenvalue weighted by molar-refractivity contribution is 7.91. The van der Waals surface area contributed by atoms with Crippen LogP contribution in [0, 0.1) is 12.3 Å². The smallest absolute Gasteiger partial charge is 0.183 e. The second-order valence-corrected chi connectivity index (χ2v) is 8.27. The first-order valence-electron chi connectivity index (χ1n) is 7.33. The van der Waals surface area contributed by atoms with Crippen LogP contribution in [0.3, 0.4) is 0 Å². The van der Waals surface area contributed by atoms with Gasteiger partial charge in [-0.1, -0.05) is 54.5 Å². The Morgan fingerprint density at radius 2 is 1.91 bits per heavy atom. The van der Waals surface area contributed by atoms with Gasteiger partial charge in [0.05, 0.1) is 10.6 Å². The van der Waals surface area contributed by atoms with Gasteiger partial charge in [0.15, 0.2) is 9.84 Å². The monoisotopic (exact) mass is 317 g/mol. The van der Waals surface area contributed by atoms with Crippen LogP contribution in [0.2, 0.25) is 0 Å². The van der Waals surface area contributed by atoms with Gasteiger partial charge in [-0.25, -0.2) is 8.42 Å². The zero-order valence-electron chi connectivity index (χ0n) is 13.3. The molecule has 0 heterocycles. The first kappa shape index (κ1) is 16.6. The number of benzene rings is 1. The zero-order chi connectivity index (χ0) is 16.4. The third-order valence-corrected chi connectivity index (χ3v) is 5.55. The average Bonchev–Trinajstić information content (AvgIpc) is 2.42. The van der Waals surface area contributed by atoms with E-state index in [0.29, 0.717) is 10.6 Å². The SMILES string of the molecule is CC1=CCC(C)(C=C(N)CS(=O)(=O)c2ccc(C)cc2)C=C1. The molecule has 0 bridgehead atoms. The first-order valence-corrected chi connectivity index (χ1v) is 8.98. The highest BCUT2D eigenvalue weighted by Gasteiger charge is 2.22. The van der Waals surface area contributed by atoms with Crippen LogP contribution >= 0.6 is 0 Å². The number of rotatable bonds is 4. The summed E-state index contributed by atoms with van der Waals surface area (Å²) in [4.78, 5) is 0.314. The van der Waals surface area contributed by atoms with Crippen molar-refractivity contribution >= 4 is 9.84 Å². The van der Waals surface area contributed by atoms with Crippen LogP contribution in [-0.2, 0) is 9.84 Å². The molecule has 0 amide bonds.